The highest BCUT2D eigenvalue weighted by Crippen LogP contribution is 2.42. The van der Waals surface area contributed by atoms with Crippen LogP contribution in [0, 0.1) is 17.7 Å². The van der Waals surface area contributed by atoms with Crippen LogP contribution in [0.2, 0.25) is 0 Å². The first-order chi connectivity index (χ1) is 17.5. The molecule has 2 atom stereocenters. The number of halogens is 1. The maximum Gasteiger partial charge on any atom is 0.188 e. The van der Waals surface area contributed by atoms with Crippen LogP contribution in [-0.2, 0) is 12.1 Å². The second-order valence-electron chi connectivity index (χ2n) is 11.1. The Morgan fingerprint density at radius 1 is 1.00 bits per heavy atom. The molecule has 3 saturated heterocycles. The highest BCUT2D eigenvalue weighted by molar-refractivity contribution is 5.29. The molecule has 2 bridgehead atoms. The number of nitrogens with zero attached hydrogens (tertiary/aromatic N) is 2. The standard InChI is InChI=1S/C30H35FN2O3/c31-25-12-7-13-26(18-25)35-28-21-33(16-14-22(28)15-17-33)20-27-19-32-29(36-27)30(34,23-8-3-1-4-9-23)24-10-5-2-6-11-24/h1,3-4,7-9,12-13,18-19,22,24,28H,2,5-6,10-11,14-17,20-21H2/t22?,28-,30-,33?/m0/s1. The van der Waals surface area contributed by atoms with Gasteiger partial charge in [-0.3, -0.25) is 0 Å². The summed E-state index contributed by atoms with van der Waals surface area (Å²) in [5.41, 5.74) is -0.711. The minimum absolute atomic E-state index is 0.0121. The van der Waals surface area contributed by atoms with Crippen LogP contribution in [0.3, 0.4) is 0 Å². The Bertz CT molecular complexity index is 1170. The summed E-state index contributed by atoms with van der Waals surface area (Å²) >= 11 is 0. The maximum absolute atomic E-state index is 14.6. The number of oxazole rings is 1. The number of fused-ring (bicyclic) bond motifs is 3. The lowest BCUT2D eigenvalue weighted by molar-refractivity contribution is -0.958. The van der Waals surface area contributed by atoms with Gasteiger partial charge in [0.25, 0.3) is 0 Å². The Kier molecular flexibility index (Phi) is 6.34. The summed E-state index contributed by atoms with van der Waals surface area (Å²) in [6.07, 6.45) is 9.19. The number of benzene rings is 2. The van der Waals surface area contributed by atoms with Crippen LogP contribution >= 0.6 is 0 Å². The molecule has 0 amide bonds. The number of aromatic nitrogens is 1. The molecule has 4 heterocycles. The Hall–Kier alpha value is -2.70. The van der Waals surface area contributed by atoms with Gasteiger partial charge in [0.15, 0.2) is 17.8 Å². The summed E-state index contributed by atoms with van der Waals surface area (Å²) < 4.78 is 27.2. The predicted molar refractivity (Wildman–Crippen MR) is 132 cm³/mol. The summed E-state index contributed by atoms with van der Waals surface area (Å²) in [4.78, 5) is 4.62. The van der Waals surface area contributed by atoms with Crippen LogP contribution in [0.5, 0.6) is 5.75 Å². The van der Waals surface area contributed by atoms with Crippen molar-refractivity contribution in [3.8, 4) is 5.75 Å². The Labute approximate surface area is 212 Å². The third-order valence-electron chi connectivity index (χ3n) is 8.87. The molecule has 7 rings (SSSR count). The van der Waals surface area contributed by atoms with Crippen molar-refractivity contribution in [1.29, 1.82) is 0 Å². The molecule has 1 saturated carbocycles. The van der Waals surface area contributed by atoms with E-state index in [1.807, 2.05) is 36.4 Å². The third-order valence-corrected chi connectivity index (χ3v) is 8.87. The Morgan fingerprint density at radius 3 is 2.53 bits per heavy atom. The molecule has 0 N–H and O–H groups in total. The molecule has 190 valence electrons. The van der Waals surface area contributed by atoms with E-state index in [9.17, 15) is 9.50 Å². The Balaban J connectivity index is 1.23. The number of piperidine rings is 3. The number of ether oxygens (including phenoxy) is 1. The van der Waals surface area contributed by atoms with Gasteiger partial charge < -0.3 is 18.7 Å². The fourth-order valence-electron chi connectivity index (χ4n) is 6.90. The van der Waals surface area contributed by atoms with E-state index < -0.39 is 5.60 Å². The highest BCUT2D eigenvalue weighted by atomic mass is 19.1. The molecule has 2 aromatic carbocycles. The zero-order valence-corrected chi connectivity index (χ0v) is 20.8. The largest absolute Gasteiger partial charge is 0.839 e. The van der Waals surface area contributed by atoms with Gasteiger partial charge in [0.05, 0.1) is 19.3 Å². The van der Waals surface area contributed by atoms with E-state index in [1.54, 1.807) is 12.3 Å². The first kappa shape index (κ1) is 23.7. The van der Waals surface area contributed by atoms with Gasteiger partial charge in [0.1, 0.15) is 24.7 Å². The number of hydrogen-bond donors (Lipinski definition) is 0. The quantitative estimate of drug-likeness (QED) is 0.428. The molecule has 0 radical (unpaired) electrons. The van der Waals surface area contributed by atoms with Crippen molar-refractivity contribution >= 4 is 0 Å². The van der Waals surface area contributed by atoms with Crippen LogP contribution in [0.25, 0.3) is 0 Å². The summed E-state index contributed by atoms with van der Waals surface area (Å²) in [7, 11) is 0. The van der Waals surface area contributed by atoms with Gasteiger partial charge in [-0.1, -0.05) is 68.5 Å². The van der Waals surface area contributed by atoms with E-state index in [4.69, 9.17) is 9.15 Å². The van der Waals surface area contributed by atoms with E-state index in [2.05, 4.69) is 4.98 Å². The number of hydrogen-bond acceptors (Lipinski definition) is 4. The van der Waals surface area contributed by atoms with Gasteiger partial charge in [-0.05, 0) is 29.2 Å². The fraction of sp³-hybridized carbons (Fsp3) is 0.500. The molecule has 1 aliphatic carbocycles. The first-order valence-corrected chi connectivity index (χ1v) is 13.5. The van der Waals surface area contributed by atoms with Gasteiger partial charge in [-0.15, -0.1) is 0 Å². The molecule has 3 aliphatic heterocycles. The van der Waals surface area contributed by atoms with Crippen molar-refractivity contribution in [2.45, 2.75) is 63.2 Å². The SMILES string of the molecule is [O-][C@](c1ccccc1)(c1ncc(C[N+]23CCC(CC2)[C@@H](Oc2cccc(F)c2)C3)o1)C1CCCCC1. The summed E-state index contributed by atoms with van der Waals surface area (Å²) in [6, 6.07) is 16.1. The monoisotopic (exact) mass is 490 g/mol. The lowest BCUT2D eigenvalue weighted by Crippen LogP contribution is -2.64. The molecule has 36 heavy (non-hydrogen) atoms. The molecule has 3 aromatic rings. The molecular formula is C30H35FN2O3. The van der Waals surface area contributed by atoms with Gasteiger partial charge in [0.2, 0.25) is 0 Å². The summed E-state index contributed by atoms with van der Waals surface area (Å²) in [5, 5.41) is 14.6. The molecule has 0 unspecified atom stereocenters. The smallest absolute Gasteiger partial charge is 0.188 e. The molecule has 6 heteroatoms. The average Bonchev–Trinajstić information content (AvgIpc) is 3.38. The van der Waals surface area contributed by atoms with Crippen molar-refractivity contribution in [3.05, 3.63) is 83.8 Å². The van der Waals surface area contributed by atoms with E-state index in [1.165, 1.54) is 18.6 Å². The molecular weight excluding hydrogens is 455 g/mol. The van der Waals surface area contributed by atoms with Crippen molar-refractivity contribution in [2.24, 2.45) is 11.8 Å². The van der Waals surface area contributed by atoms with Crippen molar-refractivity contribution in [3.63, 3.8) is 0 Å². The van der Waals surface area contributed by atoms with E-state index in [-0.39, 0.29) is 17.8 Å². The summed E-state index contributed by atoms with van der Waals surface area (Å²) in [6.45, 7) is 3.69. The summed E-state index contributed by atoms with van der Waals surface area (Å²) in [5.74, 6) is 1.90. The highest BCUT2D eigenvalue weighted by Gasteiger charge is 2.48. The molecule has 4 aliphatic rings. The molecule has 1 aromatic heterocycles. The van der Waals surface area contributed by atoms with Gasteiger partial charge in [-0.2, -0.15) is 0 Å². The molecule has 4 fully saturated rings. The van der Waals surface area contributed by atoms with Crippen molar-refractivity contribution in [2.75, 3.05) is 19.6 Å². The van der Waals surface area contributed by atoms with Crippen molar-refractivity contribution in [1.82, 2.24) is 4.98 Å². The van der Waals surface area contributed by atoms with Crippen LogP contribution in [0.4, 0.5) is 4.39 Å². The van der Waals surface area contributed by atoms with E-state index >= 15 is 0 Å². The normalized spacial score (nSPS) is 28.1. The first-order valence-electron chi connectivity index (χ1n) is 13.5. The van der Waals surface area contributed by atoms with Gasteiger partial charge >= 0.3 is 0 Å². The minimum atomic E-state index is -1.46. The lowest BCUT2D eigenvalue weighted by atomic mass is 9.73. The lowest BCUT2D eigenvalue weighted by Gasteiger charge is -2.51. The fourth-order valence-corrected chi connectivity index (χ4v) is 6.90. The number of rotatable bonds is 7. The number of quaternary nitrogens is 1. The van der Waals surface area contributed by atoms with Gasteiger partial charge in [0, 0.05) is 24.8 Å². The average molecular weight is 491 g/mol. The van der Waals surface area contributed by atoms with Crippen LogP contribution in [0.15, 0.2) is 65.2 Å². The van der Waals surface area contributed by atoms with Crippen LogP contribution < -0.4 is 9.84 Å². The van der Waals surface area contributed by atoms with E-state index in [0.717, 1.165) is 74.0 Å². The van der Waals surface area contributed by atoms with E-state index in [0.29, 0.717) is 24.1 Å². The zero-order chi connectivity index (χ0) is 24.6. The van der Waals surface area contributed by atoms with Crippen molar-refractivity contribution < 1.29 is 23.1 Å². The topological polar surface area (TPSA) is 58.3 Å². The predicted octanol–water partition coefficient (Wildman–Crippen LogP) is 5.19. The van der Waals surface area contributed by atoms with Gasteiger partial charge in [-0.25, -0.2) is 9.37 Å². The third kappa shape index (κ3) is 4.46. The van der Waals surface area contributed by atoms with Crippen LogP contribution in [-0.4, -0.2) is 35.2 Å². The minimum Gasteiger partial charge on any atom is -0.839 e. The van der Waals surface area contributed by atoms with Crippen LogP contribution in [0.1, 0.15) is 62.2 Å². The zero-order valence-electron chi connectivity index (χ0n) is 20.8. The Morgan fingerprint density at radius 2 is 1.78 bits per heavy atom. The molecule has 0 spiro atoms. The molecule has 5 nitrogen and oxygen atoms in total. The second-order valence-corrected chi connectivity index (χ2v) is 11.1. The second kappa shape index (κ2) is 9.64. The maximum atomic E-state index is 14.6.